The lowest BCUT2D eigenvalue weighted by Crippen LogP contribution is -2.28. The highest BCUT2D eigenvalue weighted by molar-refractivity contribution is 6.07. The van der Waals surface area contributed by atoms with Crippen molar-refractivity contribution in [2.75, 3.05) is 0 Å². The molecule has 0 atom stereocenters. The SMILES string of the molecule is CC(C)(C)OC(=O)c1cc(-c2ccccc2)cc2ccn(C(=O)OC(C)(C)C)c12. The summed E-state index contributed by atoms with van der Waals surface area (Å²) in [6.07, 6.45) is 1.09. The maximum absolute atomic E-state index is 13.0. The molecule has 0 radical (unpaired) electrons. The number of nitrogens with zero attached hydrogens (tertiary/aromatic N) is 1. The van der Waals surface area contributed by atoms with Gasteiger partial charge in [0, 0.05) is 11.6 Å². The van der Waals surface area contributed by atoms with Gasteiger partial charge < -0.3 is 9.47 Å². The van der Waals surface area contributed by atoms with Crippen molar-refractivity contribution >= 4 is 23.0 Å². The van der Waals surface area contributed by atoms with Gasteiger partial charge in [0.05, 0.1) is 11.1 Å². The lowest BCUT2D eigenvalue weighted by Gasteiger charge is -2.22. The normalized spacial score (nSPS) is 12.1. The highest BCUT2D eigenvalue weighted by atomic mass is 16.6. The number of rotatable bonds is 2. The molecule has 5 nitrogen and oxygen atoms in total. The molecule has 0 unspecified atom stereocenters. The standard InChI is InChI=1S/C24H27NO4/c1-23(2,3)28-21(26)19-15-18(16-10-8-7-9-11-16)14-17-12-13-25(20(17)19)22(27)29-24(4,5)6/h7-15H,1-6H3. The Morgan fingerprint density at radius 1 is 0.793 bits per heavy atom. The van der Waals surface area contributed by atoms with Gasteiger partial charge in [-0.25, -0.2) is 9.59 Å². The van der Waals surface area contributed by atoms with E-state index in [1.807, 2.05) is 57.2 Å². The van der Waals surface area contributed by atoms with Crippen molar-refractivity contribution in [2.45, 2.75) is 52.7 Å². The number of benzene rings is 2. The zero-order chi connectivity index (χ0) is 21.4. The molecule has 3 rings (SSSR count). The Morgan fingerprint density at radius 2 is 1.41 bits per heavy atom. The van der Waals surface area contributed by atoms with Gasteiger partial charge in [-0.2, -0.15) is 0 Å². The minimum absolute atomic E-state index is 0.326. The van der Waals surface area contributed by atoms with Crippen LogP contribution in [0.15, 0.2) is 54.7 Å². The fourth-order valence-electron chi connectivity index (χ4n) is 3.03. The van der Waals surface area contributed by atoms with Crippen LogP contribution in [0.3, 0.4) is 0 Å². The molecule has 0 aliphatic heterocycles. The highest BCUT2D eigenvalue weighted by Gasteiger charge is 2.25. The van der Waals surface area contributed by atoms with Crippen molar-refractivity contribution in [1.82, 2.24) is 4.57 Å². The predicted octanol–water partition coefficient (Wildman–Crippen LogP) is 6.05. The van der Waals surface area contributed by atoms with Crippen LogP contribution >= 0.6 is 0 Å². The third-order valence-corrected chi connectivity index (χ3v) is 4.10. The van der Waals surface area contributed by atoms with Crippen molar-refractivity contribution in [3.63, 3.8) is 0 Å². The van der Waals surface area contributed by atoms with Crippen molar-refractivity contribution in [3.8, 4) is 11.1 Å². The van der Waals surface area contributed by atoms with E-state index in [4.69, 9.17) is 9.47 Å². The Labute approximate surface area is 171 Å². The molecular formula is C24H27NO4. The summed E-state index contributed by atoms with van der Waals surface area (Å²) in [5.41, 5.74) is 1.35. The van der Waals surface area contributed by atoms with Gasteiger partial charge in [-0.15, -0.1) is 0 Å². The van der Waals surface area contributed by atoms with Gasteiger partial charge >= 0.3 is 12.1 Å². The fourth-order valence-corrected chi connectivity index (χ4v) is 3.03. The topological polar surface area (TPSA) is 57.5 Å². The van der Waals surface area contributed by atoms with E-state index in [0.717, 1.165) is 16.5 Å². The second kappa shape index (κ2) is 7.39. The van der Waals surface area contributed by atoms with Crippen molar-refractivity contribution < 1.29 is 19.1 Å². The first kappa shape index (κ1) is 20.6. The minimum atomic E-state index is -0.657. The van der Waals surface area contributed by atoms with Gasteiger partial charge in [0.25, 0.3) is 0 Å². The highest BCUT2D eigenvalue weighted by Crippen LogP contribution is 2.30. The molecule has 1 heterocycles. The van der Waals surface area contributed by atoms with E-state index in [1.54, 1.807) is 39.1 Å². The summed E-state index contributed by atoms with van der Waals surface area (Å²) in [4.78, 5) is 25.8. The smallest absolute Gasteiger partial charge is 0.419 e. The van der Waals surface area contributed by atoms with Crippen LogP contribution in [-0.4, -0.2) is 27.8 Å². The second-order valence-corrected chi connectivity index (χ2v) is 9.00. The van der Waals surface area contributed by atoms with Crippen LogP contribution in [0.1, 0.15) is 51.9 Å². The van der Waals surface area contributed by atoms with Gasteiger partial charge in [0.2, 0.25) is 0 Å². The average molecular weight is 393 g/mol. The Bertz CT molecular complexity index is 1050. The predicted molar refractivity (Wildman–Crippen MR) is 114 cm³/mol. The van der Waals surface area contributed by atoms with Crippen molar-refractivity contribution in [1.29, 1.82) is 0 Å². The average Bonchev–Trinajstić information content (AvgIpc) is 3.03. The molecule has 0 aliphatic rings. The summed E-state index contributed by atoms with van der Waals surface area (Å²) in [6.45, 7) is 10.9. The monoisotopic (exact) mass is 393 g/mol. The molecule has 0 fully saturated rings. The molecule has 0 spiro atoms. The number of hydrogen-bond donors (Lipinski definition) is 0. The van der Waals surface area contributed by atoms with Crippen LogP contribution in [-0.2, 0) is 9.47 Å². The fraction of sp³-hybridized carbons (Fsp3) is 0.333. The van der Waals surface area contributed by atoms with E-state index in [1.165, 1.54) is 4.57 Å². The van der Waals surface area contributed by atoms with Gasteiger partial charge in [-0.3, -0.25) is 4.57 Å². The summed E-state index contributed by atoms with van der Waals surface area (Å²) in [5, 5.41) is 0.762. The van der Waals surface area contributed by atoms with E-state index in [2.05, 4.69) is 0 Å². The van der Waals surface area contributed by atoms with E-state index >= 15 is 0 Å². The summed E-state index contributed by atoms with van der Waals surface area (Å²) in [7, 11) is 0. The number of carbonyl (C=O) groups is 2. The summed E-state index contributed by atoms with van der Waals surface area (Å²) in [6, 6.07) is 15.3. The number of fused-ring (bicyclic) bond motifs is 1. The first-order chi connectivity index (χ1) is 13.4. The van der Waals surface area contributed by atoms with E-state index in [-0.39, 0.29) is 0 Å². The Morgan fingerprint density at radius 3 is 2.00 bits per heavy atom. The summed E-state index contributed by atoms with van der Waals surface area (Å²) >= 11 is 0. The van der Waals surface area contributed by atoms with Gasteiger partial charge in [-0.1, -0.05) is 30.3 Å². The van der Waals surface area contributed by atoms with Crippen LogP contribution in [0.4, 0.5) is 4.79 Å². The molecule has 1 aromatic heterocycles. The molecule has 0 saturated heterocycles. The lowest BCUT2D eigenvalue weighted by atomic mass is 10.00. The largest absolute Gasteiger partial charge is 0.456 e. The van der Waals surface area contributed by atoms with Crippen LogP contribution in [0, 0.1) is 0 Å². The van der Waals surface area contributed by atoms with Crippen LogP contribution in [0.5, 0.6) is 0 Å². The number of esters is 1. The quantitative estimate of drug-likeness (QED) is 0.498. The number of ether oxygens (including phenoxy) is 2. The van der Waals surface area contributed by atoms with Crippen LogP contribution < -0.4 is 0 Å². The lowest BCUT2D eigenvalue weighted by molar-refractivity contribution is 0.00716. The van der Waals surface area contributed by atoms with E-state index < -0.39 is 23.3 Å². The Hall–Kier alpha value is -3.08. The molecule has 5 heteroatoms. The third kappa shape index (κ3) is 4.86. The maximum atomic E-state index is 13.0. The third-order valence-electron chi connectivity index (χ3n) is 4.10. The molecule has 0 aliphatic carbocycles. The molecule has 0 bridgehead atoms. The first-order valence-electron chi connectivity index (χ1n) is 9.62. The molecular weight excluding hydrogens is 366 g/mol. The number of carbonyl (C=O) groups excluding carboxylic acids is 2. The van der Waals surface area contributed by atoms with Crippen LogP contribution in [0.25, 0.3) is 22.0 Å². The summed E-state index contributed by atoms with van der Waals surface area (Å²) in [5.74, 6) is -0.483. The maximum Gasteiger partial charge on any atom is 0.419 e. The van der Waals surface area contributed by atoms with Gasteiger partial charge in [0.1, 0.15) is 11.2 Å². The number of aromatic nitrogens is 1. The molecule has 29 heavy (non-hydrogen) atoms. The van der Waals surface area contributed by atoms with Crippen LogP contribution in [0.2, 0.25) is 0 Å². The Kier molecular flexibility index (Phi) is 5.26. The zero-order valence-corrected chi connectivity index (χ0v) is 17.8. The molecule has 0 amide bonds. The van der Waals surface area contributed by atoms with Crippen molar-refractivity contribution in [3.05, 3.63) is 60.3 Å². The first-order valence-corrected chi connectivity index (χ1v) is 9.62. The Balaban J connectivity index is 2.19. The van der Waals surface area contributed by atoms with Gasteiger partial charge in [0.15, 0.2) is 0 Å². The molecule has 3 aromatic rings. The molecule has 152 valence electrons. The zero-order valence-electron chi connectivity index (χ0n) is 17.8. The minimum Gasteiger partial charge on any atom is -0.456 e. The molecule has 0 saturated carbocycles. The van der Waals surface area contributed by atoms with Crippen molar-refractivity contribution in [2.24, 2.45) is 0 Å². The van der Waals surface area contributed by atoms with Gasteiger partial charge in [-0.05, 0) is 70.9 Å². The van der Waals surface area contributed by atoms with E-state index in [9.17, 15) is 9.59 Å². The second-order valence-electron chi connectivity index (χ2n) is 9.00. The molecule has 2 aromatic carbocycles. The molecule has 0 N–H and O–H groups in total. The summed E-state index contributed by atoms with van der Waals surface area (Å²) < 4.78 is 12.5. The number of hydrogen-bond acceptors (Lipinski definition) is 4. The van der Waals surface area contributed by atoms with E-state index in [0.29, 0.717) is 11.1 Å².